The Bertz CT molecular complexity index is 339. The number of aliphatic hydroxyl groups is 1. The number of nitrogens with one attached hydrogen (secondary N) is 1. The Morgan fingerprint density at radius 2 is 2.42 bits per heavy atom. The van der Waals surface area contributed by atoms with E-state index in [1.54, 1.807) is 31.3 Å². The lowest BCUT2D eigenvalue weighted by Gasteiger charge is -1.93. The molecule has 64 valence electrons. The average Bonchev–Trinajstić information content (AvgIpc) is 2.07. The summed E-state index contributed by atoms with van der Waals surface area (Å²) in [5.41, 5.74) is 1.49. The number of aryl methyl sites for hydroxylation is 1. The zero-order chi connectivity index (χ0) is 8.97. The molecule has 0 aliphatic rings. The summed E-state index contributed by atoms with van der Waals surface area (Å²) < 4.78 is 0. The van der Waals surface area contributed by atoms with E-state index in [0.29, 0.717) is 5.56 Å². The molecule has 0 spiro atoms. The molecule has 0 aliphatic carbocycles. The molecule has 0 bridgehead atoms. The summed E-state index contributed by atoms with van der Waals surface area (Å²) in [6.07, 6.45) is 4.98. The maximum atomic E-state index is 10.9. The third-order valence-corrected chi connectivity index (χ3v) is 1.53. The van der Waals surface area contributed by atoms with Crippen molar-refractivity contribution in [3.8, 4) is 0 Å². The zero-order valence-corrected chi connectivity index (χ0v) is 6.87. The molecule has 12 heavy (non-hydrogen) atoms. The van der Waals surface area contributed by atoms with E-state index in [9.17, 15) is 4.79 Å². The first-order valence-electron chi connectivity index (χ1n) is 3.71. The van der Waals surface area contributed by atoms with Gasteiger partial charge in [-0.15, -0.1) is 0 Å². The summed E-state index contributed by atoms with van der Waals surface area (Å²) in [4.78, 5) is 13.5. The van der Waals surface area contributed by atoms with E-state index in [2.05, 4.69) is 4.98 Å². The highest BCUT2D eigenvalue weighted by Gasteiger charge is 1.91. The predicted molar refractivity (Wildman–Crippen MR) is 47.9 cm³/mol. The van der Waals surface area contributed by atoms with Gasteiger partial charge in [-0.3, -0.25) is 4.79 Å². The first kappa shape index (κ1) is 8.74. The second kappa shape index (κ2) is 3.88. The minimum Gasteiger partial charge on any atom is -0.392 e. The minimum atomic E-state index is -0.0730. The molecule has 0 aliphatic heterocycles. The number of aromatic amines is 1. The molecule has 0 atom stereocenters. The zero-order valence-electron chi connectivity index (χ0n) is 6.87. The Hall–Kier alpha value is -1.35. The van der Waals surface area contributed by atoms with Crippen LogP contribution in [0.1, 0.15) is 11.1 Å². The van der Waals surface area contributed by atoms with Crippen molar-refractivity contribution >= 4 is 6.08 Å². The molecular formula is C9H11NO2. The van der Waals surface area contributed by atoms with Crippen LogP contribution in [0.3, 0.4) is 0 Å². The molecule has 1 aromatic rings. The summed E-state index contributed by atoms with van der Waals surface area (Å²) in [6.45, 7) is 1.76. The van der Waals surface area contributed by atoms with Crippen LogP contribution in [0.15, 0.2) is 23.1 Å². The molecule has 0 amide bonds. The molecule has 1 aromatic heterocycles. The van der Waals surface area contributed by atoms with Crippen molar-refractivity contribution < 1.29 is 5.11 Å². The maximum absolute atomic E-state index is 10.9. The SMILES string of the molecule is Cc1cc(C=CCO)c[nH]c1=O. The van der Waals surface area contributed by atoms with Crippen molar-refractivity contribution in [1.82, 2.24) is 4.98 Å². The number of pyridine rings is 1. The molecule has 0 radical (unpaired) electrons. The lowest BCUT2D eigenvalue weighted by atomic mass is 10.2. The highest BCUT2D eigenvalue weighted by Crippen LogP contribution is 1.99. The van der Waals surface area contributed by atoms with Crippen LogP contribution in [0.5, 0.6) is 0 Å². The van der Waals surface area contributed by atoms with Crippen LogP contribution in [0, 0.1) is 6.92 Å². The number of aliphatic hydroxyl groups excluding tert-OH is 1. The van der Waals surface area contributed by atoms with Gasteiger partial charge < -0.3 is 10.1 Å². The van der Waals surface area contributed by atoms with Crippen molar-refractivity contribution in [2.75, 3.05) is 6.61 Å². The van der Waals surface area contributed by atoms with Gasteiger partial charge in [0, 0.05) is 11.8 Å². The van der Waals surface area contributed by atoms with Gasteiger partial charge in [-0.1, -0.05) is 12.2 Å². The molecule has 1 heterocycles. The number of rotatable bonds is 2. The Balaban J connectivity index is 2.97. The lowest BCUT2D eigenvalue weighted by Crippen LogP contribution is -2.07. The number of hydrogen-bond donors (Lipinski definition) is 2. The van der Waals surface area contributed by atoms with Crippen LogP contribution in [0.25, 0.3) is 6.08 Å². The van der Waals surface area contributed by atoms with Gasteiger partial charge in [0.25, 0.3) is 5.56 Å². The standard InChI is InChI=1S/C9H11NO2/c1-7-5-8(3-2-4-11)6-10-9(7)12/h2-3,5-6,11H,4H2,1H3,(H,10,12). The molecule has 0 saturated heterocycles. The van der Waals surface area contributed by atoms with Crippen LogP contribution in [0.2, 0.25) is 0 Å². The van der Waals surface area contributed by atoms with Gasteiger partial charge in [0.15, 0.2) is 0 Å². The first-order chi connectivity index (χ1) is 5.74. The van der Waals surface area contributed by atoms with Crippen LogP contribution in [-0.4, -0.2) is 16.7 Å². The molecular weight excluding hydrogens is 154 g/mol. The fraction of sp³-hybridized carbons (Fsp3) is 0.222. The largest absolute Gasteiger partial charge is 0.392 e. The summed E-state index contributed by atoms with van der Waals surface area (Å²) in [5.74, 6) is 0. The molecule has 0 unspecified atom stereocenters. The second-order valence-corrected chi connectivity index (χ2v) is 2.53. The summed E-state index contributed by atoms with van der Waals surface area (Å²) >= 11 is 0. The molecule has 0 fully saturated rings. The van der Waals surface area contributed by atoms with E-state index in [4.69, 9.17) is 5.11 Å². The quantitative estimate of drug-likeness (QED) is 0.677. The summed E-state index contributed by atoms with van der Waals surface area (Å²) in [6, 6.07) is 1.77. The second-order valence-electron chi connectivity index (χ2n) is 2.53. The Labute approximate surface area is 70.4 Å². The summed E-state index contributed by atoms with van der Waals surface area (Å²) in [7, 11) is 0. The molecule has 1 rings (SSSR count). The molecule has 0 aromatic carbocycles. The molecule has 3 nitrogen and oxygen atoms in total. The normalized spacial score (nSPS) is 10.8. The van der Waals surface area contributed by atoms with Crippen LogP contribution < -0.4 is 5.56 Å². The Kier molecular flexibility index (Phi) is 2.82. The lowest BCUT2D eigenvalue weighted by molar-refractivity contribution is 0.343. The monoisotopic (exact) mass is 165 g/mol. The minimum absolute atomic E-state index is 0.0121. The average molecular weight is 165 g/mol. The van der Waals surface area contributed by atoms with E-state index >= 15 is 0 Å². The van der Waals surface area contributed by atoms with Gasteiger partial charge in [-0.05, 0) is 18.6 Å². The van der Waals surface area contributed by atoms with Gasteiger partial charge in [-0.25, -0.2) is 0 Å². The van der Waals surface area contributed by atoms with E-state index in [1.807, 2.05) is 0 Å². The number of aromatic nitrogens is 1. The smallest absolute Gasteiger partial charge is 0.250 e. The van der Waals surface area contributed by atoms with Crippen molar-refractivity contribution in [1.29, 1.82) is 0 Å². The third kappa shape index (κ3) is 2.07. The van der Waals surface area contributed by atoms with Crippen molar-refractivity contribution in [3.05, 3.63) is 39.8 Å². The summed E-state index contributed by atoms with van der Waals surface area (Å²) in [5, 5.41) is 8.49. The maximum Gasteiger partial charge on any atom is 0.250 e. The van der Waals surface area contributed by atoms with Gasteiger partial charge in [0.1, 0.15) is 0 Å². The molecule has 3 heteroatoms. The first-order valence-corrected chi connectivity index (χ1v) is 3.71. The van der Waals surface area contributed by atoms with Gasteiger partial charge in [-0.2, -0.15) is 0 Å². The van der Waals surface area contributed by atoms with E-state index in [0.717, 1.165) is 5.56 Å². The van der Waals surface area contributed by atoms with Gasteiger partial charge in [0.2, 0.25) is 0 Å². The third-order valence-electron chi connectivity index (χ3n) is 1.53. The fourth-order valence-corrected chi connectivity index (χ4v) is 0.905. The Morgan fingerprint density at radius 3 is 3.00 bits per heavy atom. The highest BCUT2D eigenvalue weighted by atomic mass is 16.2. The van der Waals surface area contributed by atoms with E-state index in [-0.39, 0.29) is 12.2 Å². The van der Waals surface area contributed by atoms with Crippen molar-refractivity contribution in [3.63, 3.8) is 0 Å². The van der Waals surface area contributed by atoms with Crippen LogP contribution in [-0.2, 0) is 0 Å². The highest BCUT2D eigenvalue weighted by molar-refractivity contribution is 5.48. The van der Waals surface area contributed by atoms with Gasteiger partial charge in [0.05, 0.1) is 6.61 Å². The van der Waals surface area contributed by atoms with Crippen molar-refractivity contribution in [2.45, 2.75) is 6.92 Å². The van der Waals surface area contributed by atoms with Crippen LogP contribution in [0.4, 0.5) is 0 Å². The van der Waals surface area contributed by atoms with Crippen LogP contribution >= 0.6 is 0 Å². The topological polar surface area (TPSA) is 53.1 Å². The Morgan fingerprint density at radius 1 is 1.67 bits per heavy atom. The molecule has 0 saturated carbocycles. The van der Waals surface area contributed by atoms with E-state index < -0.39 is 0 Å². The number of hydrogen-bond acceptors (Lipinski definition) is 2. The van der Waals surface area contributed by atoms with Gasteiger partial charge >= 0.3 is 0 Å². The fourth-order valence-electron chi connectivity index (χ4n) is 0.905. The number of H-pyrrole nitrogens is 1. The predicted octanol–water partition coefficient (Wildman–Crippen LogP) is 0.689. The van der Waals surface area contributed by atoms with Crippen molar-refractivity contribution in [2.24, 2.45) is 0 Å². The van der Waals surface area contributed by atoms with E-state index in [1.165, 1.54) is 0 Å². The molecule has 2 N–H and O–H groups in total.